The summed E-state index contributed by atoms with van der Waals surface area (Å²) in [5, 5.41) is 22.9. The van der Waals surface area contributed by atoms with E-state index in [1.54, 1.807) is 18.2 Å². The summed E-state index contributed by atoms with van der Waals surface area (Å²) in [5.41, 5.74) is 5.31. The van der Waals surface area contributed by atoms with Crippen LogP contribution in [0.15, 0.2) is 60.7 Å². The quantitative estimate of drug-likeness (QED) is 0.630. The van der Waals surface area contributed by atoms with Gasteiger partial charge in [-0.25, -0.2) is 0 Å². The Morgan fingerprint density at radius 1 is 0.926 bits per heavy atom. The third-order valence-corrected chi connectivity index (χ3v) is 5.36. The van der Waals surface area contributed by atoms with Crippen molar-refractivity contribution in [3.8, 4) is 17.2 Å². The Morgan fingerprint density at radius 2 is 1.67 bits per heavy atom. The third-order valence-electron chi connectivity index (χ3n) is 5.36. The predicted octanol–water partition coefficient (Wildman–Crippen LogP) is 4.76. The summed E-state index contributed by atoms with van der Waals surface area (Å²) in [6.45, 7) is 2.42. The van der Waals surface area contributed by atoms with E-state index in [4.69, 9.17) is 4.74 Å². The highest BCUT2D eigenvalue weighted by Crippen LogP contribution is 2.47. The predicted molar refractivity (Wildman–Crippen MR) is 107 cm³/mol. The van der Waals surface area contributed by atoms with Crippen molar-refractivity contribution in [2.24, 2.45) is 0 Å². The SMILES string of the molecule is CNc1ccc(C2c3ccc(O)cc3OCC2c2ccc(O)c(C)c2)cc1. The lowest BCUT2D eigenvalue weighted by molar-refractivity contribution is 0.247. The van der Waals surface area contributed by atoms with Gasteiger partial charge in [-0.2, -0.15) is 0 Å². The fourth-order valence-corrected chi connectivity index (χ4v) is 3.86. The van der Waals surface area contributed by atoms with Crippen molar-refractivity contribution in [3.05, 3.63) is 82.9 Å². The van der Waals surface area contributed by atoms with Gasteiger partial charge < -0.3 is 20.3 Å². The van der Waals surface area contributed by atoms with E-state index in [-0.39, 0.29) is 17.6 Å². The molecule has 4 heteroatoms. The number of anilines is 1. The molecule has 2 unspecified atom stereocenters. The number of fused-ring (bicyclic) bond motifs is 1. The zero-order valence-corrected chi connectivity index (χ0v) is 15.4. The molecule has 138 valence electrons. The van der Waals surface area contributed by atoms with Crippen molar-refractivity contribution in [2.45, 2.75) is 18.8 Å². The van der Waals surface area contributed by atoms with E-state index < -0.39 is 0 Å². The molecule has 1 heterocycles. The summed E-state index contributed by atoms with van der Waals surface area (Å²) >= 11 is 0. The Morgan fingerprint density at radius 3 is 2.37 bits per heavy atom. The van der Waals surface area contributed by atoms with Crippen molar-refractivity contribution < 1.29 is 14.9 Å². The topological polar surface area (TPSA) is 61.7 Å². The van der Waals surface area contributed by atoms with Gasteiger partial charge in [0.25, 0.3) is 0 Å². The van der Waals surface area contributed by atoms with E-state index in [0.717, 1.165) is 28.1 Å². The normalized spacial score (nSPS) is 18.4. The number of hydrogen-bond donors (Lipinski definition) is 3. The van der Waals surface area contributed by atoms with Gasteiger partial charge in [0.2, 0.25) is 0 Å². The second-order valence-corrected chi connectivity index (χ2v) is 7.04. The first-order valence-electron chi connectivity index (χ1n) is 9.10. The van der Waals surface area contributed by atoms with E-state index in [1.165, 1.54) is 5.56 Å². The van der Waals surface area contributed by atoms with Crippen LogP contribution in [0.25, 0.3) is 0 Å². The minimum absolute atomic E-state index is 0.101. The molecule has 1 aliphatic heterocycles. The van der Waals surface area contributed by atoms with E-state index in [0.29, 0.717) is 12.4 Å². The van der Waals surface area contributed by atoms with Crippen molar-refractivity contribution >= 4 is 5.69 Å². The van der Waals surface area contributed by atoms with Gasteiger partial charge in [-0.05, 0) is 47.9 Å². The van der Waals surface area contributed by atoms with Crippen LogP contribution < -0.4 is 10.1 Å². The average Bonchev–Trinajstić information content (AvgIpc) is 2.69. The largest absolute Gasteiger partial charge is 0.508 e. The van der Waals surface area contributed by atoms with Gasteiger partial charge in [0.1, 0.15) is 17.2 Å². The molecule has 3 aromatic rings. The molecule has 0 aliphatic carbocycles. The molecule has 4 rings (SSSR count). The van der Waals surface area contributed by atoms with Crippen molar-refractivity contribution in [2.75, 3.05) is 19.0 Å². The number of rotatable bonds is 3. The molecule has 0 spiro atoms. The van der Waals surface area contributed by atoms with E-state index in [1.807, 2.05) is 32.2 Å². The Bertz CT molecular complexity index is 966. The number of aromatic hydroxyl groups is 2. The minimum Gasteiger partial charge on any atom is -0.508 e. The molecule has 0 bridgehead atoms. The van der Waals surface area contributed by atoms with Gasteiger partial charge in [0.15, 0.2) is 0 Å². The lowest BCUT2D eigenvalue weighted by atomic mass is 9.75. The summed E-state index contributed by atoms with van der Waals surface area (Å²) < 4.78 is 6.00. The molecule has 3 aromatic carbocycles. The molecule has 1 aliphatic rings. The fraction of sp³-hybridized carbons (Fsp3) is 0.217. The Kier molecular flexibility index (Phi) is 4.40. The molecule has 0 fully saturated rings. The Hall–Kier alpha value is -3.14. The number of aryl methyl sites for hydroxylation is 1. The highest BCUT2D eigenvalue weighted by atomic mass is 16.5. The highest BCUT2D eigenvalue weighted by Gasteiger charge is 2.33. The van der Waals surface area contributed by atoms with Crippen molar-refractivity contribution in [1.29, 1.82) is 0 Å². The number of hydrogen-bond acceptors (Lipinski definition) is 4. The number of phenolic OH excluding ortho intramolecular Hbond substituents is 2. The lowest BCUT2D eigenvalue weighted by Gasteiger charge is -2.34. The molecule has 0 amide bonds. The second kappa shape index (κ2) is 6.88. The van der Waals surface area contributed by atoms with Crippen LogP contribution in [0.1, 0.15) is 34.1 Å². The van der Waals surface area contributed by atoms with E-state index >= 15 is 0 Å². The zero-order chi connectivity index (χ0) is 19.0. The first-order chi connectivity index (χ1) is 13.1. The summed E-state index contributed by atoms with van der Waals surface area (Å²) in [7, 11) is 1.91. The van der Waals surface area contributed by atoms with Crippen LogP contribution in [0, 0.1) is 6.92 Å². The molecule has 4 nitrogen and oxygen atoms in total. The van der Waals surface area contributed by atoms with E-state index in [9.17, 15) is 10.2 Å². The van der Waals surface area contributed by atoms with E-state index in [2.05, 4.69) is 29.6 Å². The highest BCUT2D eigenvalue weighted by molar-refractivity contribution is 5.53. The van der Waals surface area contributed by atoms with Gasteiger partial charge in [-0.1, -0.05) is 30.3 Å². The van der Waals surface area contributed by atoms with Crippen LogP contribution in [0.4, 0.5) is 5.69 Å². The molecular formula is C23H23NO3. The van der Waals surface area contributed by atoms with Crippen LogP contribution in [0.2, 0.25) is 0 Å². The Balaban J connectivity index is 1.84. The maximum absolute atomic E-state index is 9.91. The third kappa shape index (κ3) is 3.19. The maximum Gasteiger partial charge on any atom is 0.126 e. The van der Waals surface area contributed by atoms with Crippen LogP contribution in [0.3, 0.4) is 0 Å². The molecule has 2 atom stereocenters. The molecule has 0 radical (unpaired) electrons. The second-order valence-electron chi connectivity index (χ2n) is 7.04. The summed E-state index contributed by atoms with van der Waals surface area (Å²) in [4.78, 5) is 0. The number of ether oxygens (including phenoxy) is 1. The van der Waals surface area contributed by atoms with Gasteiger partial charge in [0, 0.05) is 36.2 Å². The Labute approximate surface area is 159 Å². The van der Waals surface area contributed by atoms with Crippen molar-refractivity contribution in [1.82, 2.24) is 0 Å². The van der Waals surface area contributed by atoms with Gasteiger partial charge in [-0.3, -0.25) is 0 Å². The molecular weight excluding hydrogens is 338 g/mol. The standard InChI is InChI=1S/C23H23NO3/c1-14-11-16(5-10-21(14)26)20-13-27-22-12-18(25)8-9-19(22)23(20)15-3-6-17(24-2)7-4-15/h3-12,20,23-26H,13H2,1-2H3. The number of benzene rings is 3. The summed E-state index contributed by atoms with van der Waals surface area (Å²) in [6.07, 6.45) is 0. The maximum atomic E-state index is 9.91. The lowest BCUT2D eigenvalue weighted by Crippen LogP contribution is -2.25. The molecule has 0 aromatic heterocycles. The van der Waals surface area contributed by atoms with Gasteiger partial charge >= 0.3 is 0 Å². The monoisotopic (exact) mass is 361 g/mol. The molecule has 0 saturated carbocycles. The molecule has 0 saturated heterocycles. The van der Waals surface area contributed by atoms with Crippen LogP contribution >= 0.6 is 0 Å². The van der Waals surface area contributed by atoms with Gasteiger partial charge in [-0.15, -0.1) is 0 Å². The average molecular weight is 361 g/mol. The molecule has 3 N–H and O–H groups in total. The summed E-state index contributed by atoms with van der Waals surface area (Å²) in [6, 6.07) is 19.5. The first kappa shape index (κ1) is 17.3. The van der Waals surface area contributed by atoms with Crippen LogP contribution in [0.5, 0.6) is 17.2 Å². The molecule has 27 heavy (non-hydrogen) atoms. The minimum atomic E-state index is 0.101. The number of phenols is 2. The van der Waals surface area contributed by atoms with Crippen LogP contribution in [-0.2, 0) is 0 Å². The first-order valence-corrected chi connectivity index (χ1v) is 9.10. The zero-order valence-electron chi connectivity index (χ0n) is 15.4. The van der Waals surface area contributed by atoms with Crippen LogP contribution in [-0.4, -0.2) is 23.9 Å². The van der Waals surface area contributed by atoms with Gasteiger partial charge in [0.05, 0.1) is 6.61 Å². The fourth-order valence-electron chi connectivity index (χ4n) is 3.86. The van der Waals surface area contributed by atoms with Crippen molar-refractivity contribution in [3.63, 3.8) is 0 Å². The number of nitrogens with one attached hydrogen (secondary N) is 1. The summed E-state index contributed by atoms with van der Waals surface area (Å²) in [5.74, 6) is 1.45. The smallest absolute Gasteiger partial charge is 0.126 e.